The van der Waals surface area contributed by atoms with Gasteiger partial charge in [0.05, 0.1) is 4.47 Å². The summed E-state index contributed by atoms with van der Waals surface area (Å²) in [4.78, 5) is 0. The molecule has 0 saturated heterocycles. The predicted octanol–water partition coefficient (Wildman–Crippen LogP) is 5.46. The van der Waals surface area contributed by atoms with Gasteiger partial charge in [0.25, 0.3) is 0 Å². The molecule has 0 radical (unpaired) electrons. The first-order valence-corrected chi connectivity index (χ1v) is 8.04. The van der Waals surface area contributed by atoms with Crippen molar-refractivity contribution in [1.29, 1.82) is 0 Å². The molecule has 0 amide bonds. The van der Waals surface area contributed by atoms with Crippen LogP contribution < -0.4 is 5.32 Å². The highest BCUT2D eigenvalue weighted by molar-refractivity contribution is 9.10. The van der Waals surface area contributed by atoms with Crippen LogP contribution >= 0.6 is 15.9 Å². The van der Waals surface area contributed by atoms with Crippen molar-refractivity contribution >= 4 is 15.9 Å². The van der Waals surface area contributed by atoms with Crippen LogP contribution in [-0.4, -0.2) is 7.05 Å². The molecule has 1 aromatic rings. The van der Waals surface area contributed by atoms with Crippen LogP contribution in [0.25, 0.3) is 0 Å². The predicted molar refractivity (Wildman–Crippen MR) is 83.8 cm³/mol. The van der Waals surface area contributed by atoms with E-state index in [1.165, 1.54) is 31.7 Å². The summed E-state index contributed by atoms with van der Waals surface area (Å²) >= 11 is 3.37. The molecule has 0 aliphatic heterocycles. The molecule has 1 rings (SSSR count). The van der Waals surface area contributed by atoms with Gasteiger partial charge in [0, 0.05) is 6.04 Å². The van der Waals surface area contributed by atoms with Gasteiger partial charge >= 0.3 is 0 Å². The van der Waals surface area contributed by atoms with Gasteiger partial charge in [0.2, 0.25) is 0 Å². The average Bonchev–Trinajstić information content (AvgIpc) is 2.43. The van der Waals surface area contributed by atoms with E-state index in [9.17, 15) is 4.39 Å². The van der Waals surface area contributed by atoms with Crippen molar-refractivity contribution in [2.75, 3.05) is 7.05 Å². The van der Waals surface area contributed by atoms with Crippen molar-refractivity contribution in [1.82, 2.24) is 5.32 Å². The third-order valence-electron chi connectivity index (χ3n) is 3.82. The molecule has 1 aromatic carbocycles. The van der Waals surface area contributed by atoms with E-state index in [-0.39, 0.29) is 11.9 Å². The quantitative estimate of drug-likeness (QED) is 0.668. The molecule has 19 heavy (non-hydrogen) atoms. The third-order valence-corrected chi connectivity index (χ3v) is 4.65. The highest BCUT2D eigenvalue weighted by Crippen LogP contribution is 2.32. The SMILES string of the molecule is CCCCC(CC)CC(NC)c1cccc(F)c1Br. The van der Waals surface area contributed by atoms with E-state index in [2.05, 4.69) is 35.1 Å². The Bertz CT molecular complexity index is 381. The third kappa shape index (κ3) is 4.88. The number of hydrogen-bond acceptors (Lipinski definition) is 1. The molecule has 0 heterocycles. The summed E-state index contributed by atoms with van der Waals surface area (Å²) in [5.74, 6) is 0.520. The van der Waals surface area contributed by atoms with Crippen LogP contribution in [0.3, 0.4) is 0 Å². The lowest BCUT2D eigenvalue weighted by Crippen LogP contribution is -2.20. The lowest BCUT2D eigenvalue weighted by molar-refractivity contribution is 0.363. The van der Waals surface area contributed by atoms with Gasteiger partial charge in [-0.2, -0.15) is 0 Å². The van der Waals surface area contributed by atoms with Crippen LogP contribution in [0.4, 0.5) is 4.39 Å². The minimum absolute atomic E-state index is 0.181. The molecule has 0 saturated carbocycles. The maximum atomic E-state index is 13.6. The van der Waals surface area contributed by atoms with Gasteiger partial charge in [-0.1, -0.05) is 51.7 Å². The Balaban J connectivity index is 2.79. The molecular formula is C16H25BrFN. The van der Waals surface area contributed by atoms with E-state index in [0.717, 1.165) is 12.0 Å². The lowest BCUT2D eigenvalue weighted by atomic mass is 9.89. The highest BCUT2D eigenvalue weighted by Gasteiger charge is 2.18. The standard InChI is InChI=1S/C16H25BrFN/c1-4-6-8-12(5-2)11-15(19-3)13-9-7-10-14(18)16(13)17/h7,9-10,12,15,19H,4-6,8,11H2,1-3H3. The van der Waals surface area contributed by atoms with Crippen LogP contribution in [0.2, 0.25) is 0 Å². The highest BCUT2D eigenvalue weighted by atomic mass is 79.9. The number of rotatable bonds is 8. The van der Waals surface area contributed by atoms with Crippen molar-refractivity contribution in [2.45, 2.75) is 52.0 Å². The fraction of sp³-hybridized carbons (Fsp3) is 0.625. The molecule has 108 valence electrons. The van der Waals surface area contributed by atoms with Gasteiger partial charge in [0.15, 0.2) is 0 Å². The summed E-state index contributed by atoms with van der Waals surface area (Å²) in [5, 5.41) is 3.33. The zero-order valence-electron chi connectivity index (χ0n) is 12.2. The number of halogens is 2. The first-order valence-electron chi connectivity index (χ1n) is 7.25. The number of hydrogen-bond donors (Lipinski definition) is 1. The number of benzene rings is 1. The van der Waals surface area contributed by atoms with E-state index >= 15 is 0 Å². The molecule has 0 bridgehead atoms. The van der Waals surface area contributed by atoms with E-state index in [1.54, 1.807) is 6.07 Å². The van der Waals surface area contributed by atoms with E-state index in [4.69, 9.17) is 0 Å². The monoisotopic (exact) mass is 329 g/mol. The number of nitrogens with one attached hydrogen (secondary N) is 1. The molecule has 0 aliphatic carbocycles. The second kappa shape index (κ2) is 8.70. The minimum Gasteiger partial charge on any atom is -0.313 e. The van der Waals surface area contributed by atoms with Crippen molar-refractivity contribution in [2.24, 2.45) is 5.92 Å². The summed E-state index contributed by atoms with van der Waals surface area (Å²) in [6, 6.07) is 5.49. The topological polar surface area (TPSA) is 12.0 Å². The Morgan fingerprint density at radius 3 is 2.63 bits per heavy atom. The Hall–Kier alpha value is -0.410. The first-order chi connectivity index (χ1) is 9.13. The maximum absolute atomic E-state index is 13.6. The summed E-state index contributed by atoms with van der Waals surface area (Å²) in [6.45, 7) is 4.47. The zero-order chi connectivity index (χ0) is 14.3. The van der Waals surface area contributed by atoms with E-state index in [0.29, 0.717) is 10.4 Å². The Morgan fingerprint density at radius 2 is 2.05 bits per heavy atom. The van der Waals surface area contributed by atoms with Crippen LogP contribution in [0.1, 0.15) is 57.6 Å². The fourth-order valence-electron chi connectivity index (χ4n) is 2.50. The van der Waals surface area contributed by atoms with E-state index in [1.807, 2.05) is 13.1 Å². The van der Waals surface area contributed by atoms with Crippen molar-refractivity contribution < 1.29 is 4.39 Å². The van der Waals surface area contributed by atoms with Gasteiger partial charge < -0.3 is 5.32 Å². The van der Waals surface area contributed by atoms with Crippen molar-refractivity contribution in [3.63, 3.8) is 0 Å². The minimum atomic E-state index is -0.181. The van der Waals surface area contributed by atoms with Gasteiger partial charge in [-0.15, -0.1) is 0 Å². The molecule has 1 nitrogen and oxygen atoms in total. The summed E-state index contributed by atoms with van der Waals surface area (Å²) in [6.07, 6.45) is 6.03. The normalized spacial score (nSPS) is 14.4. The van der Waals surface area contributed by atoms with Crippen LogP contribution in [0, 0.1) is 11.7 Å². The zero-order valence-corrected chi connectivity index (χ0v) is 13.8. The van der Waals surface area contributed by atoms with Crippen molar-refractivity contribution in [3.05, 3.63) is 34.1 Å². The Labute approximate surface area is 125 Å². The maximum Gasteiger partial charge on any atom is 0.137 e. The summed E-state index contributed by atoms with van der Waals surface area (Å²) < 4.78 is 14.2. The smallest absolute Gasteiger partial charge is 0.137 e. The largest absolute Gasteiger partial charge is 0.313 e. The number of unbranched alkanes of at least 4 members (excludes halogenated alkanes) is 1. The first kappa shape index (κ1) is 16.6. The van der Waals surface area contributed by atoms with Crippen LogP contribution in [0.15, 0.2) is 22.7 Å². The molecule has 0 spiro atoms. The fourth-order valence-corrected chi connectivity index (χ4v) is 3.05. The Kier molecular flexibility index (Phi) is 7.62. The summed E-state index contributed by atoms with van der Waals surface area (Å²) in [7, 11) is 1.95. The molecule has 1 N–H and O–H groups in total. The van der Waals surface area contributed by atoms with Gasteiger partial charge in [0.1, 0.15) is 5.82 Å². The van der Waals surface area contributed by atoms with Crippen molar-refractivity contribution in [3.8, 4) is 0 Å². The Morgan fingerprint density at radius 1 is 1.32 bits per heavy atom. The van der Waals surface area contributed by atoms with E-state index < -0.39 is 0 Å². The molecule has 0 aliphatic rings. The molecule has 0 fully saturated rings. The average molecular weight is 330 g/mol. The van der Waals surface area contributed by atoms with Crippen LogP contribution in [-0.2, 0) is 0 Å². The van der Waals surface area contributed by atoms with Gasteiger partial charge in [-0.3, -0.25) is 0 Å². The second-order valence-electron chi connectivity index (χ2n) is 5.14. The summed E-state index contributed by atoms with van der Waals surface area (Å²) in [5.41, 5.74) is 1.03. The van der Waals surface area contributed by atoms with Crippen LogP contribution in [0.5, 0.6) is 0 Å². The second-order valence-corrected chi connectivity index (χ2v) is 5.93. The lowest BCUT2D eigenvalue weighted by Gasteiger charge is -2.24. The molecular weight excluding hydrogens is 305 g/mol. The van der Waals surface area contributed by atoms with Gasteiger partial charge in [-0.25, -0.2) is 4.39 Å². The van der Waals surface area contributed by atoms with Gasteiger partial charge in [-0.05, 0) is 46.9 Å². The molecule has 3 heteroatoms. The molecule has 2 unspecified atom stereocenters. The molecule has 0 aromatic heterocycles. The molecule has 2 atom stereocenters.